The number of likely N-dealkylation sites (N-methyl/N-ethyl adjacent to an activating group) is 1. The summed E-state index contributed by atoms with van der Waals surface area (Å²) in [5, 5.41) is 0. The monoisotopic (exact) mass is 154 g/mol. The Morgan fingerprint density at radius 1 is 1.73 bits per heavy atom. The lowest BCUT2D eigenvalue weighted by atomic mass is 10.4. The molecule has 62 valence electrons. The standard InChI is InChI=1S/C7H14N4/c1-11(3-2-8)5-7-4-9-6-10-7/h4,6H,2-3,5,8H2,1H3,(H,9,10). The van der Waals surface area contributed by atoms with Crippen LogP contribution in [0, 0.1) is 0 Å². The molecule has 0 atom stereocenters. The van der Waals surface area contributed by atoms with Gasteiger partial charge in [-0.1, -0.05) is 0 Å². The van der Waals surface area contributed by atoms with E-state index in [2.05, 4.69) is 14.9 Å². The Morgan fingerprint density at radius 2 is 2.55 bits per heavy atom. The molecule has 0 aliphatic carbocycles. The maximum Gasteiger partial charge on any atom is 0.0922 e. The summed E-state index contributed by atoms with van der Waals surface area (Å²) < 4.78 is 0. The van der Waals surface area contributed by atoms with Crippen molar-refractivity contribution in [2.75, 3.05) is 20.1 Å². The number of aromatic nitrogens is 2. The van der Waals surface area contributed by atoms with Crippen molar-refractivity contribution in [3.63, 3.8) is 0 Å². The maximum atomic E-state index is 5.39. The van der Waals surface area contributed by atoms with Crippen LogP contribution >= 0.6 is 0 Å². The Labute approximate surface area is 66.4 Å². The minimum absolute atomic E-state index is 0.699. The largest absolute Gasteiger partial charge is 0.347 e. The lowest BCUT2D eigenvalue weighted by molar-refractivity contribution is 0.332. The predicted molar refractivity (Wildman–Crippen MR) is 44.0 cm³/mol. The molecule has 3 N–H and O–H groups in total. The van der Waals surface area contributed by atoms with Crippen LogP contribution in [0.25, 0.3) is 0 Å². The molecule has 0 aliphatic heterocycles. The van der Waals surface area contributed by atoms with Gasteiger partial charge in [0.2, 0.25) is 0 Å². The maximum absolute atomic E-state index is 5.39. The van der Waals surface area contributed by atoms with Gasteiger partial charge in [-0.25, -0.2) is 4.98 Å². The van der Waals surface area contributed by atoms with Gasteiger partial charge in [0.1, 0.15) is 0 Å². The summed E-state index contributed by atoms with van der Waals surface area (Å²) in [6.45, 7) is 2.50. The van der Waals surface area contributed by atoms with E-state index in [0.29, 0.717) is 6.54 Å². The zero-order valence-corrected chi connectivity index (χ0v) is 6.75. The molecule has 4 nitrogen and oxygen atoms in total. The smallest absolute Gasteiger partial charge is 0.0922 e. The SMILES string of the molecule is CN(CCN)Cc1cnc[nH]1. The van der Waals surface area contributed by atoms with E-state index in [1.54, 1.807) is 6.33 Å². The van der Waals surface area contributed by atoms with Crippen molar-refractivity contribution < 1.29 is 0 Å². The summed E-state index contributed by atoms with van der Waals surface area (Å²) in [6.07, 6.45) is 3.51. The highest BCUT2D eigenvalue weighted by Crippen LogP contribution is 1.95. The van der Waals surface area contributed by atoms with Crippen LogP contribution in [-0.4, -0.2) is 35.0 Å². The Hall–Kier alpha value is -0.870. The van der Waals surface area contributed by atoms with Crippen LogP contribution in [0.15, 0.2) is 12.5 Å². The van der Waals surface area contributed by atoms with E-state index < -0.39 is 0 Å². The summed E-state index contributed by atoms with van der Waals surface area (Å²) in [5.74, 6) is 0. The highest BCUT2D eigenvalue weighted by atomic mass is 15.1. The van der Waals surface area contributed by atoms with Crippen molar-refractivity contribution in [1.82, 2.24) is 14.9 Å². The molecule has 0 spiro atoms. The van der Waals surface area contributed by atoms with Crippen LogP contribution in [0.4, 0.5) is 0 Å². The van der Waals surface area contributed by atoms with E-state index >= 15 is 0 Å². The Bertz CT molecular complexity index is 182. The van der Waals surface area contributed by atoms with Gasteiger partial charge in [-0.3, -0.25) is 4.90 Å². The molecule has 1 rings (SSSR count). The number of hydrogen-bond acceptors (Lipinski definition) is 3. The number of aromatic amines is 1. The number of nitrogens with zero attached hydrogens (tertiary/aromatic N) is 2. The third-order valence-corrected chi connectivity index (χ3v) is 1.51. The number of nitrogens with two attached hydrogens (primary N) is 1. The number of imidazole rings is 1. The first-order valence-corrected chi connectivity index (χ1v) is 3.69. The average Bonchev–Trinajstić information content (AvgIpc) is 2.40. The molecule has 1 aromatic heterocycles. The summed E-state index contributed by atoms with van der Waals surface area (Å²) in [6, 6.07) is 0. The lowest BCUT2D eigenvalue weighted by Crippen LogP contribution is -2.25. The molecule has 0 saturated carbocycles. The van der Waals surface area contributed by atoms with Crippen LogP contribution in [0.3, 0.4) is 0 Å². The molecule has 4 heteroatoms. The second-order valence-electron chi connectivity index (χ2n) is 2.60. The van der Waals surface area contributed by atoms with E-state index in [0.717, 1.165) is 18.8 Å². The van der Waals surface area contributed by atoms with Crippen LogP contribution in [0.5, 0.6) is 0 Å². The number of hydrogen-bond donors (Lipinski definition) is 2. The fourth-order valence-corrected chi connectivity index (χ4v) is 0.961. The molecule has 0 aliphatic rings. The molecule has 11 heavy (non-hydrogen) atoms. The van der Waals surface area contributed by atoms with Crippen molar-refractivity contribution in [2.45, 2.75) is 6.54 Å². The van der Waals surface area contributed by atoms with E-state index in [-0.39, 0.29) is 0 Å². The van der Waals surface area contributed by atoms with Gasteiger partial charge in [-0.15, -0.1) is 0 Å². The third-order valence-electron chi connectivity index (χ3n) is 1.51. The van der Waals surface area contributed by atoms with Gasteiger partial charge < -0.3 is 10.7 Å². The average molecular weight is 154 g/mol. The minimum Gasteiger partial charge on any atom is -0.347 e. The molecule has 1 heterocycles. The van der Waals surface area contributed by atoms with Gasteiger partial charge in [0.25, 0.3) is 0 Å². The molecule has 0 saturated heterocycles. The summed E-state index contributed by atoms with van der Waals surface area (Å²) in [5.41, 5.74) is 6.52. The van der Waals surface area contributed by atoms with Crippen LogP contribution < -0.4 is 5.73 Å². The summed E-state index contributed by atoms with van der Waals surface area (Å²) >= 11 is 0. The van der Waals surface area contributed by atoms with Gasteiger partial charge in [0, 0.05) is 31.5 Å². The Kier molecular flexibility index (Phi) is 3.07. The van der Waals surface area contributed by atoms with Crippen molar-refractivity contribution in [3.05, 3.63) is 18.2 Å². The molecule has 1 aromatic rings. The zero-order chi connectivity index (χ0) is 8.10. The van der Waals surface area contributed by atoms with E-state index in [1.807, 2.05) is 13.2 Å². The first-order chi connectivity index (χ1) is 5.33. The second-order valence-corrected chi connectivity index (χ2v) is 2.60. The zero-order valence-electron chi connectivity index (χ0n) is 6.75. The molecule has 0 amide bonds. The van der Waals surface area contributed by atoms with Crippen molar-refractivity contribution >= 4 is 0 Å². The molecule has 0 bridgehead atoms. The Balaban J connectivity index is 2.31. The van der Waals surface area contributed by atoms with E-state index in [4.69, 9.17) is 5.73 Å². The first-order valence-electron chi connectivity index (χ1n) is 3.69. The normalized spacial score (nSPS) is 10.8. The molecule has 0 unspecified atom stereocenters. The molecular formula is C7H14N4. The van der Waals surface area contributed by atoms with Crippen molar-refractivity contribution in [3.8, 4) is 0 Å². The number of H-pyrrole nitrogens is 1. The second kappa shape index (κ2) is 4.10. The van der Waals surface area contributed by atoms with Crippen LogP contribution in [0.2, 0.25) is 0 Å². The fraction of sp³-hybridized carbons (Fsp3) is 0.571. The highest BCUT2D eigenvalue weighted by Gasteiger charge is 1.98. The van der Waals surface area contributed by atoms with Gasteiger partial charge in [-0.2, -0.15) is 0 Å². The summed E-state index contributed by atoms with van der Waals surface area (Å²) in [7, 11) is 2.04. The van der Waals surface area contributed by atoms with Crippen molar-refractivity contribution in [2.24, 2.45) is 5.73 Å². The van der Waals surface area contributed by atoms with Gasteiger partial charge in [-0.05, 0) is 7.05 Å². The first kappa shape index (κ1) is 8.23. The third kappa shape index (κ3) is 2.69. The van der Waals surface area contributed by atoms with Crippen LogP contribution in [0.1, 0.15) is 5.69 Å². The molecular weight excluding hydrogens is 140 g/mol. The van der Waals surface area contributed by atoms with Gasteiger partial charge in [0.15, 0.2) is 0 Å². The van der Waals surface area contributed by atoms with Crippen LogP contribution in [-0.2, 0) is 6.54 Å². The topological polar surface area (TPSA) is 57.9 Å². The van der Waals surface area contributed by atoms with E-state index in [9.17, 15) is 0 Å². The quantitative estimate of drug-likeness (QED) is 0.631. The molecule has 0 fully saturated rings. The summed E-state index contributed by atoms with van der Waals surface area (Å²) in [4.78, 5) is 9.10. The number of nitrogens with one attached hydrogen (secondary N) is 1. The lowest BCUT2D eigenvalue weighted by Gasteiger charge is -2.13. The van der Waals surface area contributed by atoms with Crippen molar-refractivity contribution in [1.29, 1.82) is 0 Å². The highest BCUT2D eigenvalue weighted by molar-refractivity contribution is 4.93. The number of rotatable bonds is 4. The van der Waals surface area contributed by atoms with Gasteiger partial charge >= 0.3 is 0 Å². The minimum atomic E-state index is 0.699. The molecule has 0 radical (unpaired) electrons. The Morgan fingerprint density at radius 3 is 3.09 bits per heavy atom. The molecule has 0 aromatic carbocycles. The van der Waals surface area contributed by atoms with E-state index in [1.165, 1.54) is 0 Å². The fourth-order valence-electron chi connectivity index (χ4n) is 0.961. The van der Waals surface area contributed by atoms with Gasteiger partial charge in [0.05, 0.1) is 6.33 Å². The predicted octanol–water partition coefficient (Wildman–Crippen LogP) is -0.200.